The molecule has 0 radical (unpaired) electrons. The monoisotopic (exact) mass is 284 g/mol. The Balaban J connectivity index is 1.88. The standard InChI is InChI=1S/C17H13FO3/c1-11-8-17(19)21-16-9-13(6-7-14(11)16)20-10-12-4-2-3-5-15(12)18/h2-9H,10H2,1H3. The van der Waals surface area contributed by atoms with Gasteiger partial charge in [0.25, 0.3) is 0 Å². The third-order valence-electron chi connectivity index (χ3n) is 3.28. The summed E-state index contributed by atoms with van der Waals surface area (Å²) in [7, 11) is 0. The van der Waals surface area contributed by atoms with Crippen LogP contribution in [0, 0.1) is 12.7 Å². The summed E-state index contributed by atoms with van der Waals surface area (Å²) in [5, 5.41) is 0.854. The van der Waals surface area contributed by atoms with E-state index in [9.17, 15) is 9.18 Å². The van der Waals surface area contributed by atoms with Crippen molar-refractivity contribution < 1.29 is 13.5 Å². The molecule has 1 heterocycles. The van der Waals surface area contributed by atoms with Crippen LogP contribution in [0.3, 0.4) is 0 Å². The van der Waals surface area contributed by atoms with Crippen molar-refractivity contribution >= 4 is 11.0 Å². The topological polar surface area (TPSA) is 39.4 Å². The summed E-state index contributed by atoms with van der Waals surface area (Å²) in [6.45, 7) is 1.97. The first-order valence-corrected chi connectivity index (χ1v) is 6.54. The maximum Gasteiger partial charge on any atom is 0.336 e. The van der Waals surface area contributed by atoms with Gasteiger partial charge in [0.2, 0.25) is 0 Å². The number of benzene rings is 2. The van der Waals surface area contributed by atoms with Crippen molar-refractivity contribution in [1.82, 2.24) is 0 Å². The van der Waals surface area contributed by atoms with Crippen molar-refractivity contribution in [2.24, 2.45) is 0 Å². The summed E-state index contributed by atoms with van der Waals surface area (Å²) in [4.78, 5) is 11.4. The fraction of sp³-hybridized carbons (Fsp3) is 0.118. The predicted octanol–water partition coefficient (Wildman–Crippen LogP) is 3.82. The second-order valence-corrected chi connectivity index (χ2v) is 4.79. The first-order chi connectivity index (χ1) is 10.1. The smallest absolute Gasteiger partial charge is 0.336 e. The lowest BCUT2D eigenvalue weighted by molar-refractivity contribution is 0.300. The zero-order valence-corrected chi connectivity index (χ0v) is 11.4. The zero-order chi connectivity index (χ0) is 14.8. The summed E-state index contributed by atoms with van der Waals surface area (Å²) in [5.41, 5.74) is 1.39. The number of halogens is 1. The van der Waals surface area contributed by atoms with E-state index in [0.29, 0.717) is 16.9 Å². The molecule has 0 bridgehead atoms. The Hall–Kier alpha value is -2.62. The van der Waals surface area contributed by atoms with Gasteiger partial charge in [-0.05, 0) is 30.7 Å². The van der Waals surface area contributed by atoms with Crippen molar-refractivity contribution in [2.45, 2.75) is 13.5 Å². The normalized spacial score (nSPS) is 10.8. The molecule has 0 amide bonds. The first-order valence-electron chi connectivity index (χ1n) is 6.54. The van der Waals surface area contributed by atoms with Gasteiger partial charge in [-0.1, -0.05) is 18.2 Å². The summed E-state index contributed by atoms with van der Waals surface area (Å²) >= 11 is 0. The highest BCUT2D eigenvalue weighted by Crippen LogP contribution is 2.23. The van der Waals surface area contributed by atoms with Crippen molar-refractivity contribution in [3.05, 3.63) is 75.9 Å². The molecule has 2 aromatic carbocycles. The molecular weight excluding hydrogens is 271 g/mol. The van der Waals surface area contributed by atoms with Crippen molar-refractivity contribution in [3.63, 3.8) is 0 Å². The fourth-order valence-electron chi connectivity index (χ4n) is 2.17. The van der Waals surface area contributed by atoms with E-state index in [1.807, 2.05) is 13.0 Å². The second kappa shape index (κ2) is 5.40. The SMILES string of the molecule is Cc1cc(=O)oc2cc(OCc3ccccc3F)ccc12. The Morgan fingerprint density at radius 1 is 1.14 bits per heavy atom. The van der Waals surface area contributed by atoms with Gasteiger partial charge >= 0.3 is 5.63 Å². The lowest BCUT2D eigenvalue weighted by Gasteiger charge is -2.08. The number of rotatable bonds is 3. The molecule has 3 nitrogen and oxygen atoms in total. The molecular formula is C17H13FO3. The van der Waals surface area contributed by atoms with Crippen LogP contribution in [0.15, 0.2) is 57.7 Å². The Morgan fingerprint density at radius 3 is 2.76 bits per heavy atom. The highest BCUT2D eigenvalue weighted by Gasteiger charge is 2.06. The third-order valence-corrected chi connectivity index (χ3v) is 3.28. The van der Waals surface area contributed by atoms with Gasteiger partial charge in [0.05, 0.1) is 0 Å². The largest absolute Gasteiger partial charge is 0.489 e. The minimum atomic E-state index is -0.397. The van der Waals surface area contributed by atoms with Crippen molar-refractivity contribution in [2.75, 3.05) is 0 Å². The molecule has 1 aromatic heterocycles. The molecule has 0 spiro atoms. The van der Waals surface area contributed by atoms with Gasteiger partial charge < -0.3 is 9.15 Å². The average Bonchev–Trinajstić information content (AvgIpc) is 2.46. The van der Waals surface area contributed by atoms with Crippen LogP contribution in [-0.2, 0) is 6.61 Å². The molecule has 0 saturated heterocycles. The highest BCUT2D eigenvalue weighted by atomic mass is 19.1. The maximum atomic E-state index is 13.5. The molecule has 0 aliphatic heterocycles. The predicted molar refractivity (Wildman–Crippen MR) is 78.0 cm³/mol. The number of fused-ring (bicyclic) bond motifs is 1. The van der Waals surface area contributed by atoms with E-state index in [0.717, 1.165) is 10.9 Å². The Kier molecular flexibility index (Phi) is 3.44. The molecule has 0 fully saturated rings. The highest BCUT2D eigenvalue weighted by molar-refractivity contribution is 5.81. The molecule has 3 aromatic rings. The Labute approximate surface area is 120 Å². The van der Waals surface area contributed by atoms with Crippen LogP contribution in [0.4, 0.5) is 4.39 Å². The number of aryl methyl sites for hydroxylation is 1. The molecule has 0 N–H and O–H groups in total. The van der Waals surface area contributed by atoms with E-state index in [2.05, 4.69) is 0 Å². The Morgan fingerprint density at radius 2 is 1.95 bits per heavy atom. The zero-order valence-electron chi connectivity index (χ0n) is 11.4. The van der Waals surface area contributed by atoms with Crippen LogP contribution in [0.1, 0.15) is 11.1 Å². The molecule has 0 aliphatic carbocycles. The van der Waals surface area contributed by atoms with Gasteiger partial charge in [0, 0.05) is 23.1 Å². The third kappa shape index (κ3) is 2.79. The first kappa shape index (κ1) is 13.4. The second-order valence-electron chi connectivity index (χ2n) is 4.79. The van der Waals surface area contributed by atoms with Crippen LogP contribution in [0.25, 0.3) is 11.0 Å². The number of hydrogen-bond acceptors (Lipinski definition) is 3. The van der Waals surface area contributed by atoms with E-state index in [1.54, 1.807) is 30.3 Å². The van der Waals surface area contributed by atoms with E-state index in [-0.39, 0.29) is 12.4 Å². The minimum absolute atomic E-state index is 0.119. The molecule has 0 unspecified atom stereocenters. The number of ether oxygens (including phenoxy) is 1. The van der Waals surface area contributed by atoms with Gasteiger partial charge in [0.15, 0.2) is 0 Å². The molecule has 0 atom stereocenters. The van der Waals surface area contributed by atoms with E-state index in [1.165, 1.54) is 12.1 Å². The summed E-state index contributed by atoms with van der Waals surface area (Å²) in [5.74, 6) is 0.222. The van der Waals surface area contributed by atoms with Crippen LogP contribution in [-0.4, -0.2) is 0 Å². The van der Waals surface area contributed by atoms with Crippen LogP contribution >= 0.6 is 0 Å². The van der Waals surface area contributed by atoms with E-state index >= 15 is 0 Å². The Bertz CT molecular complexity index is 852. The summed E-state index contributed by atoms with van der Waals surface area (Å²) in [6, 6.07) is 13.1. The summed E-state index contributed by atoms with van der Waals surface area (Å²) < 4.78 is 24.2. The molecule has 4 heteroatoms. The van der Waals surface area contributed by atoms with E-state index < -0.39 is 5.63 Å². The van der Waals surface area contributed by atoms with Gasteiger partial charge in [-0.3, -0.25) is 0 Å². The van der Waals surface area contributed by atoms with Gasteiger partial charge in [-0.2, -0.15) is 0 Å². The lowest BCUT2D eigenvalue weighted by atomic mass is 10.1. The molecule has 106 valence electrons. The van der Waals surface area contributed by atoms with Crippen LogP contribution in [0.2, 0.25) is 0 Å². The van der Waals surface area contributed by atoms with Gasteiger partial charge in [-0.15, -0.1) is 0 Å². The quantitative estimate of drug-likeness (QED) is 0.686. The van der Waals surface area contributed by atoms with Crippen molar-refractivity contribution in [3.8, 4) is 5.75 Å². The van der Waals surface area contributed by atoms with Crippen LogP contribution < -0.4 is 10.4 Å². The minimum Gasteiger partial charge on any atom is -0.489 e. The fourth-order valence-corrected chi connectivity index (χ4v) is 2.17. The number of hydrogen-bond donors (Lipinski definition) is 0. The van der Waals surface area contributed by atoms with Gasteiger partial charge in [0.1, 0.15) is 23.8 Å². The lowest BCUT2D eigenvalue weighted by Crippen LogP contribution is -2.00. The van der Waals surface area contributed by atoms with Crippen molar-refractivity contribution in [1.29, 1.82) is 0 Å². The average molecular weight is 284 g/mol. The van der Waals surface area contributed by atoms with Crippen LogP contribution in [0.5, 0.6) is 5.75 Å². The molecule has 21 heavy (non-hydrogen) atoms. The van der Waals surface area contributed by atoms with Gasteiger partial charge in [-0.25, -0.2) is 9.18 Å². The van der Waals surface area contributed by atoms with E-state index in [4.69, 9.17) is 9.15 Å². The molecule has 3 rings (SSSR count). The summed E-state index contributed by atoms with van der Waals surface area (Å²) in [6.07, 6.45) is 0. The maximum absolute atomic E-state index is 13.5. The molecule has 0 aliphatic rings. The molecule has 0 saturated carbocycles.